The van der Waals surface area contributed by atoms with Gasteiger partial charge in [-0.3, -0.25) is 0 Å². The molecule has 0 bridgehead atoms. The highest BCUT2D eigenvalue weighted by Gasteiger charge is 2.07. The Morgan fingerprint density at radius 3 is 3.00 bits per heavy atom. The van der Waals surface area contributed by atoms with Gasteiger partial charge in [0.25, 0.3) is 0 Å². The Hall–Kier alpha value is -2.33. The molecule has 2 aromatic heterocycles. The maximum absolute atomic E-state index is 8.83. The number of pyridine rings is 1. The average Bonchev–Trinajstić information content (AvgIpc) is 2.62. The van der Waals surface area contributed by atoms with E-state index in [2.05, 4.69) is 17.2 Å². The van der Waals surface area contributed by atoms with Crippen LogP contribution in [0.25, 0.3) is 5.52 Å². The van der Waals surface area contributed by atoms with E-state index in [0.717, 1.165) is 11.1 Å². The molecule has 0 N–H and O–H groups in total. The monoisotopic (exact) mass is 182 g/mol. The highest BCUT2D eigenvalue weighted by molar-refractivity contribution is 5.65. The summed E-state index contributed by atoms with van der Waals surface area (Å²) in [7, 11) is 0. The molecule has 0 amide bonds. The van der Waals surface area contributed by atoms with Crippen molar-refractivity contribution < 1.29 is 0 Å². The van der Waals surface area contributed by atoms with Crippen molar-refractivity contribution in [1.29, 1.82) is 10.5 Å². The summed E-state index contributed by atoms with van der Waals surface area (Å²) >= 11 is 0. The van der Waals surface area contributed by atoms with Gasteiger partial charge in [0.15, 0.2) is 0 Å². The summed E-state index contributed by atoms with van der Waals surface area (Å²) in [6.07, 6.45) is 3.57. The maximum Gasteiger partial charge on any atom is 0.103 e. The summed E-state index contributed by atoms with van der Waals surface area (Å²) in [5, 5.41) is 21.5. The topological polar surface area (TPSA) is 64.9 Å². The van der Waals surface area contributed by atoms with E-state index < -0.39 is 0 Å². The van der Waals surface area contributed by atoms with Crippen LogP contribution in [0, 0.1) is 22.7 Å². The van der Waals surface area contributed by atoms with Crippen LogP contribution in [0.5, 0.6) is 0 Å². The van der Waals surface area contributed by atoms with Gasteiger partial charge in [0.05, 0.1) is 29.8 Å². The molecule has 2 heterocycles. The van der Waals surface area contributed by atoms with Gasteiger partial charge in [-0.2, -0.15) is 15.6 Å². The summed E-state index contributed by atoms with van der Waals surface area (Å²) in [4.78, 5) is 0. The zero-order valence-corrected chi connectivity index (χ0v) is 7.31. The number of hydrogen-bond acceptors (Lipinski definition) is 3. The third-order valence-electron chi connectivity index (χ3n) is 2.01. The van der Waals surface area contributed by atoms with E-state index in [1.54, 1.807) is 10.7 Å². The van der Waals surface area contributed by atoms with Gasteiger partial charge in [-0.25, -0.2) is 4.52 Å². The van der Waals surface area contributed by atoms with E-state index in [1.165, 1.54) is 6.20 Å². The summed E-state index contributed by atoms with van der Waals surface area (Å²) in [6, 6.07) is 7.77. The summed E-state index contributed by atoms with van der Waals surface area (Å²) in [5.74, 6) is 0. The lowest BCUT2D eigenvalue weighted by Crippen LogP contribution is -1.92. The molecule has 4 heteroatoms. The zero-order chi connectivity index (χ0) is 9.97. The van der Waals surface area contributed by atoms with Crippen LogP contribution in [0.3, 0.4) is 0 Å². The van der Waals surface area contributed by atoms with Gasteiger partial charge in [0.1, 0.15) is 6.07 Å². The fourth-order valence-electron chi connectivity index (χ4n) is 1.42. The molecule has 14 heavy (non-hydrogen) atoms. The van der Waals surface area contributed by atoms with Crippen molar-refractivity contribution in [3.05, 3.63) is 35.7 Å². The molecule has 0 fully saturated rings. The lowest BCUT2D eigenvalue weighted by molar-refractivity contribution is 0.952. The molecule has 2 aromatic rings. The maximum atomic E-state index is 8.83. The number of rotatable bonds is 1. The van der Waals surface area contributed by atoms with Crippen molar-refractivity contribution in [1.82, 2.24) is 9.61 Å². The molecular formula is C10H6N4. The Balaban J connectivity index is 2.78. The summed E-state index contributed by atoms with van der Waals surface area (Å²) in [5.41, 5.74) is 2.08. The first-order valence-corrected chi connectivity index (χ1v) is 4.09. The molecule has 0 aliphatic carbocycles. The van der Waals surface area contributed by atoms with Crippen LogP contribution in [0.4, 0.5) is 0 Å². The zero-order valence-electron chi connectivity index (χ0n) is 7.31. The average molecular weight is 182 g/mol. The van der Waals surface area contributed by atoms with Crippen molar-refractivity contribution in [3.63, 3.8) is 0 Å². The highest BCUT2D eigenvalue weighted by atomic mass is 15.2. The van der Waals surface area contributed by atoms with Gasteiger partial charge in [-0.1, -0.05) is 6.07 Å². The SMILES string of the molecule is N#CCc1cccn2ncc(C#N)c12. The van der Waals surface area contributed by atoms with Gasteiger partial charge in [-0.05, 0) is 11.6 Å². The Morgan fingerprint density at radius 2 is 2.29 bits per heavy atom. The largest absolute Gasteiger partial charge is 0.239 e. The molecule has 66 valence electrons. The molecule has 0 aliphatic heterocycles. The number of nitriles is 2. The minimum absolute atomic E-state index is 0.296. The molecule has 0 spiro atoms. The van der Waals surface area contributed by atoms with E-state index in [0.29, 0.717) is 12.0 Å². The van der Waals surface area contributed by atoms with Crippen LogP contribution in [0.15, 0.2) is 24.5 Å². The van der Waals surface area contributed by atoms with E-state index >= 15 is 0 Å². The minimum atomic E-state index is 0.296. The second-order valence-electron chi connectivity index (χ2n) is 2.83. The van der Waals surface area contributed by atoms with Crippen LogP contribution in [-0.2, 0) is 6.42 Å². The Bertz CT molecular complexity index is 553. The standard InChI is InChI=1S/C10H6N4/c11-4-3-8-2-1-5-14-10(8)9(6-12)7-13-14/h1-2,5,7H,3H2. The molecule has 0 radical (unpaired) electrons. The van der Waals surface area contributed by atoms with Gasteiger partial charge < -0.3 is 0 Å². The predicted molar refractivity (Wildman–Crippen MR) is 49.2 cm³/mol. The summed E-state index contributed by atoms with van der Waals surface area (Å²) in [6.45, 7) is 0. The van der Waals surface area contributed by atoms with Crippen LogP contribution >= 0.6 is 0 Å². The van der Waals surface area contributed by atoms with Crippen LogP contribution < -0.4 is 0 Å². The van der Waals surface area contributed by atoms with Crippen LogP contribution in [0.1, 0.15) is 11.1 Å². The Labute approximate surface area is 80.6 Å². The Morgan fingerprint density at radius 1 is 1.43 bits per heavy atom. The van der Waals surface area contributed by atoms with Crippen molar-refractivity contribution in [2.24, 2.45) is 0 Å². The fourth-order valence-corrected chi connectivity index (χ4v) is 1.42. The van der Waals surface area contributed by atoms with Crippen LogP contribution in [0.2, 0.25) is 0 Å². The van der Waals surface area contributed by atoms with E-state index in [9.17, 15) is 0 Å². The van der Waals surface area contributed by atoms with Crippen molar-refractivity contribution in [2.75, 3.05) is 0 Å². The fraction of sp³-hybridized carbons (Fsp3) is 0.100. The second-order valence-corrected chi connectivity index (χ2v) is 2.83. The predicted octanol–water partition coefficient (Wildman–Crippen LogP) is 1.27. The normalized spacial score (nSPS) is 9.57. The van der Waals surface area contributed by atoms with Gasteiger partial charge in [0, 0.05) is 6.20 Å². The van der Waals surface area contributed by atoms with E-state index in [-0.39, 0.29) is 0 Å². The number of hydrogen-bond donors (Lipinski definition) is 0. The first-order chi connectivity index (χ1) is 6.86. The number of aromatic nitrogens is 2. The molecule has 0 atom stereocenters. The molecule has 4 nitrogen and oxygen atoms in total. The molecule has 0 aliphatic rings. The molecule has 0 saturated carbocycles. The van der Waals surface area contributed by atoms with Crippen molar-refractivity contribution in [2.45, 2.75) is 6.42 Å². The molecule has 0 aromatic carbocycles. The van der Waals surface area contributed by atoms with Gasteiger partial charge >= 0.3 is 0 Å². The molecule has 2 rings (SSSR count). The minimum Gasteiger partial charge on any atom is -0.239 e. The molecule has 0 unspecified atom stereocenters. The quantitative estimate of drug-likeness (QED) is 0.667. The van der Waals surface area contributed by atoms with Gasteiger partial charge in [0.2, 0.25) is 0 Å². The highest BCUT2D eigenvalue weighted by Crippen LogP contribution is 2.15. The number of fused-ring (bicyclic) bond motifs is 1. The first kappa shape index (κ1) is 8.28. The van der Waals surface area contributed by atoms with E-state index in [4.69, 9.17) is 10.5 Å². The van der Waals surface area contributed by atoms with E-state index in [1.807, 2.05) is 12.1 Å². The second kappa shape index (κ2) is 3.20. The lowest BCUT2D eigenvalue weighted by atomic mass is 10.1. The number of nitrogens with zero attached hydrogens (tertiary/aromatic N) is 4. The van der Waals surface area contributed by atoms with Crippen molar-refractivity contribution >= 4 is 5.52 Å². The summed E-state index contributed by atoms with van der Waals surface area (Å²) < 4.78 is 1.62. The Kier molecular flexibility index (Phi) is 1.89. The molecular weight excluding hydrogens is 176 g/mol. The molecule has 0 saturated heterocycles. The third kappa shape index (κ3) is 1.10. The third-order valence-corrected chi connectivity index (χ3v) is 2.01. The van der Waals surface area contributed by atoms with Crippen molar-refractivity contribution in [3.8, 4) is 12.1 Å². The van der Waals surface area contributed by atoms with Crippen LogP contribution in [-0.4, -0.2) is 9.61 Å². The van der Waals surface area contributed by atoms with Gasteiger partial charge in [-0.15, -0.1) is 0 Å². The smallest absolute Gasteiger partial charge is 0.103 e. The lowest BCUT2D eigenvalue weighted by Gasteiger charge is -1.98. The first-order valence-electron chi connectivity index (χ1n) is 4.09.